The Hall–Kier alpha value is -2.46. The molecule has 1 aliphatic heterocycles. The first-order valence-electron chi connectivity index (χ1n) is 10.6. The summed E-state index contributed by atoms with van der Waals surface area (Å²) in [7, 11) is -3.55. The Kier molecular flexibility index (Phi) is 7.32. The van der Waals surface area contributed by atoms with Crippen molar-refractivity contribution in [1.82, 2.24) is 24.7 Å². The molecule has 2 amide bonds. The molecule has 0 aliphatic carbocycles. The Labute approximate surface area is 183 Å². The van der Waals surface area contributed by atoms with E-state index in [1.807, 2.05) is 33.8 Å². The molecule has 0 saturated carbocycles. The van der Waals surface area contributed by atoms with E-state index in [4.69, 9.17) is 4.52 Å². The highest BCUT2D eigenvalue weighted by Gasteiger charge is 2.30. The molecule has 0 radical (unpaired) electrons. The monoisotopic (exact) mass is 449 g/mol. The van der Waals surface area contributed by atoms with Crippen LogP contribution in [0.2, 0.25) is 0 Å². The van der Waals surface area contributed by atoms with E-state index in [1.54, 1.807) is 17.0 Å². The van der Waals surface area contributed by atoms with Crippen LogP contribution in [0.5, 0.6) is 0 Å². The number of amides is 2. The molecule has 1 N–H and O–H groups in total. The Morgan fingerprint density at radius 1 is 1.16 bits per heavy atom. The molecule has 1 aromatic carbocycles. The van der Waals surface area contributed by atoms with Gasteiger partial charge in [-0.1, -0.05) is 25.1 Å². The highest BCUT2D eigenvalue weighted by molar-refractivity contribution is 7.89. The van der Waals surface area contributed by atoms with Crippen LogP contribution < -0.4 is 5.32 Å². The molecule has 9 nitrogen and oxygen atoms in total. The van der Waals surface area contributed by atoms with Gasteiger partial charge in [0.1, 0.15) is 0 Å². The molecule has 170 valence electrons. The lowest BCUT2D eigenvalue weighted by Crippen LogP contribution is -2.53. The predicted octanol–water partition coefficient (Wildman–Crippen LogP) is 2.46. The summed E-state index contributed by atoms with van der Waals surface area (Å²) in [6, 6.07) is 4.99. The number of urea groups is 1. The second-order valence-corrected chi connectivity index (χ2v) is 10.1. The molecule has 0 spiro atoms. The smallest absolute Gasteiger partial charge is 0.317 e. The van der Waals surface area contributed by atoms with Crippen LogP contribution in [0.25, 0.3) is 0 Å². The van der Waals surface area contributed by atoms with Gasteiger partial charge in [-0.25, -0.2) is 13.2 Å². The van der Waals surface area contributed by atoms with Gasteiger partial charge in [0.05, 0.1) is 4.90 Å². The lowest BCUT2D eigenvalue weighted by Gasteiger charge is -2.34. The van der Waals surface area contributed by atoms with Crippen LogP contribution in [0.4, 0.5) is 4.79 Å². The normalized spacial score (nSPS) is 15.5. The quantitative estimate of drug-likeness (QED) is 0.651. The van der Waals surface area contributed by atoms with Crippen molar-refractivity contribution in [1.29, 1.82) is 0 Å². The number of nitrogens with zero attached hydrogens (tertiary/aromatic N) is 4. The van der Waals surface area contributed by atoms with Crippen molar-refractivity contribution >= 4 is 16.1 Å². The number of sulfonamides is 1. The molecule has 0 bridgehead atoms. The second kappa shape index (κ2) is 9.78. The van der Waals surface area contributed by atoms with E-state index in [0.29, 0.717) is 49.1 Å². The summed E-state index contributed by atoms with van der Waals surface area (Å²) in [5.74, 6) is 1.48. The van der Waals surface area contributed by atoms with E-state index in [9.17, 15) is 13.2 Å². The molecule has 1 saturated heterocycles. The fraction of sp³-hybridized carbons (Fsp3) is 0.571. The van der Waals surface area contributed by atoms with E-state index in [1.165, 1.54) is 4.31 Å². The topological polar surface area (TPSA) is 109 Å². The van der Waals surface area contributed by atoms with Gasteiger partial charge in [0.2, 0.25) is 15.9 Å². The van der Waals surface area contributed by atoms with Crippen molar-refractivity contribution in [3.8, 4) is 0 Å². The SMILES string of the molecule is Cc1ccc(S(=O)(=O)N2CCN(C(=O)NCCCc3nc(C(C)C)no3)CC2)cc1C. The van der Waals surface area contributed by atoms with Crippen molar-refractivity contribution in [3.63, 3.8) is 0 Å². The first-order chi connectivity index (χ1) is 14.7. The van der Waals surface area contributed by atoms with Crippen molar-refractivity contribution < 1.29 is 17.7 Å². The summed E-state index contributed by atoms with van der Waals surface area (Å²) in [5.41, 5.74) is 2.00. The summed E-state index contributed by atoms with van der Waals surface area (Å²) in [4.78, 5) is 18.7. The largest absolute Gasteiger partial charge is 0.339 e. The molecule has 1 aliphatic rings. The van der Waals surface area contributed by atoms with E-state index >= 15 is 0 Å². The van der Waals surface area contributed by atoms with E-state index in [0.717, 1.165) is 11.1 Å². The zero-order valence-corrected chi connectivity index (χ0v) is 19.4. The van der Waals surface area contributed by atoms with Gasteiger partial charge in [-0.15, -0.1) is 0 Å². The maximum Gasteiger partial charge on any atom is 0.317 e. The molecule has 1 aromatic heterocycles. The van der Waals surface area contributed by atoms with Crippen molar-refractivity contribution in [3.05, 3.63) is 41.0 Å². The number of rotatable bonds is 7. The molecule has 0 unspecified atom stereocenters. The van der Waals surface area contributed by atoms with E-state index < -0.39 is 10.0 Å². The fourth-order valence-electron chi connectivity index (χ4n) is 3.31. The van der Waals surface area contributed by atoms with Crippen LogP contribution >= 0.6 is 0 Å². The van der Waals surface area contributed by atoms with Gasteiger partial charge in [-0.3, -0.25) is 0 Å². The van der Waals surface area contributed by atoms with Gasteiger partial charge in [0.25, 0.3) is 0 Å². The highest BCUT2D eigenvalue weighted by Crippen LogP contribution is 2.20. The van der Waals surface area contributed by atoms with Crippen LogP contribution in [0.15, 0.2) is 27.6 Å². The number of aryl methyl sites for hydroxylation is 3. The van der Waals surface area contributed by atoms with Crippen LogP contribution in [0.3, 0.4) is 0 Å². The number of aromatic nitrogens is 2. The molecule has 31 heavy (non-hydrogen) atoms. The number of carbonyl (C=O) groups is 1. The summed E-state index contributed by atoms with van der Waals surface area (Å²) >= 11 is 0. The average Bonchev–Trinajstić information content (AvgIpc) is 3.22. The lowest BCUT2D eigenvalue weighted by atomic mass is 10.1. The zero-order chi connectivity index (χ0) is 22.6. The van der Waals surface area contributed by atoms with Crippen molar-refractivity contribution in [2.45, 2.75) is 51.3 Å². The minimum atomic E-state index is -3.55. The van der Waals surface area contributed by atoms with Gasteiger partial charge in [-0.2, -0.15) is 9.29 Å². The average molecular weight is 450 g/mol. The Morgan fingerprint density at radius 2 is 1.87 bits per heavy atom. The first kappa shape index (κ1) is 23.2. The number of hydrogen-bond donors (Lipinski definition) is 1. The number of carbonyl (C=O) groups excluding carboxylic acids is 1. The Morgan fingerprint density at radius 3 is 2.48 bits per heavy atom. The summed E-state index contributed by atoms with van der Waals surface area (Å²) in [5, 5.41) is 6.81. The van der Waals surface area contributed by atoms with Gasteiger partial charge < -0.3 is 14.7 Å². The predicted molar refractivity (Wildman–Crippen MR) is 116 cm³/mol. The van der Waals surface area contributed by atoms with E-state index in [2.05, 4.69) is 15.5 Å². The Bertz CT molecular complexity index is 1010. The summed E-state index contributed by atoms with van der Waals surface area (Å²) in [6.07, 6.45) is 1.29. The molecule has 2 heterocycles. The van der Waals surface area contributed by atoms with Crippen LogP contribution in [-0.2, 0) is 16.4 Å². The second-order valence-electron chi connectivity index (χ2n) is 8.17. The standard InChI is InChI=1S/C21H31N5O4S/c1-15(2)20-23-19(30-24-20)6-5-9-22-21(27)25-10-12-26(13-11-25)31(28,29)18-8-7-16(3)17(4)14-18/h7-8,14-15H,5-6,9-13H2,1-4H3,(H,22,27). The van der Waals surface area contributed by atoms with Gasteiger partial charge in [0, 0.05) is 45.1 Å². The van der Waals surface area contributed by atoms with Crippen LogP contribution in [-0.4, -0.2) is 66.5 Å². The Balaban J connectivity index is 1.44. The van der Waals surface area contributed by atoms with Crippen molar-refractivity contribution in [2.75, 3.05) is 32.7 Å². The summed E-state index contributed by atoms with van der Waals surface area (Å²) < 4.78 is 32.5. The van der Waals surface area contributed by atoms with Gasteiger partial charge in [-0.05, 0) is 43.5 Å². The molecule has 0 atom stereocenters. The third-order valence-corrected chi connectivity index (χ3v) is 7.38. The number of nitrogens with one attached hydrogen (secondary N) is 1. The number of hydrogen-bond acceptors (Lipinski definition) is 6. The fourth-order valence-corrected chi connectivity index (χ4v) is 4.81. The summed E-state index contributed by atoms with van der Waals surface area (Å²) in [6.45, 7) is 9.62. The molecule has 10 heteroatoms. The van der Waals surface area contributed by atoms with Crippen molar-refractivity contribution in [2.24, 2.45) is 0 Å². The minimum Gasteiger partial charge on any atom is -0.339 e. The maximum absolute atomic E-state index is 12.9. The third kappa shape index (κ3) is 5.62. The molecule has 1 fully saturated rings. The lowest BCUT2D eigenvalue weighted by molar-refractivity contribution is 0.172. The molecular formula is C21H31N5O4S. The third-order valence-electron chi connectivity index (χ3n) is 5.49. The first-order valence-corrected chi connectivity index (χ1v) is 12.0. The maximum atomic E-state index is 12.9. The molecule has 2 aromatic rings. The number of piperazine rings is 1. The van der Waals surface area contributed by atoms with Gasteiger partial charge >= 0.3 is 6.03 Å². The highest BCUT2D eigenvalue weighted by atomic mass is 32.2. The molecule has 3 rings (SSSR count). The minimum absolute atomic E-state index is 0.184. The van der Waals surface area contributed by atoms with Crippen LogP contribution in [0, 0.1) is 13.8 Å². The van der Waals surface area contributed by atoms with Crippen LogP contribution in [0.1, 0.15) is 49.0 Å². The molecular weight excluding hydrogens is 418 g/mol. The van der Waals surface area contributed by atoms with E-state index in [-0.39, 0.29) is 25.0 Å². The number of benzene rings is 1. The zero-order valence-electron chi connectivity index (χ0n) is 18.6. The van der Waals surface area contributed by atoms with Gasteiger partial charge in [0.15, 0.2) is 5.82 Å².